The molecular weight excluding hydrogens is 228 g/mol. The number of furan rings is 1. The van der Waals surface area contributed by atoms with E-state index in [0.29, 0.717) is 5.76 Å². The van der Waals surface area contributed by atoms with Gasteiger partial charge in [-0.25, -0.2) is 9.59 Å². The lowest BCUT2D eigenvalue weighted by Gasteiger charge is -2.17. The zero-order chi connectivity index (χ0) is 12.8. The summed E-state index contributed by atoms with van der Waals surface area (Å²) >= 11 is 0. The third kappa shape index (κ3) is 4.15. The zero-order valence-electron chi connectivity index (χ0n) is 9.29. The van der Waals surface area contributed by atoms with E-state index in [2.05, 4.69) is 5.32 Å². The number of rotatable bonds is 5. The van der Waals surface area contributed by atoms with E-state index in [1.165, 1.54) is 18.2 Å². The first-order valence-electron chi connectivity index (χ1n) is 4.93. The van der Waals surface area contributed by atoms with Crippen molar-refractivity contribution >= 4 is 12.0 Å². The number of carboxylic acids is 1. The summed E-state index contributed by atoms with van der Waals surface area (Å²) in [6, 6.07) is 2.94. The normalized spacial score (nSPS) is 11.9. The highest BCUT2D eigenvalue weighted by Crippen LogP contribution is 2.03. The van der Waals surface area contributed by atoms with Crippen LogP contribution in [0.2, 0.25) is 0 Å². The monoisotopic (exact) mass is 242 g/mol. The first kappa shape index (κ1) is 13.0. The minimum Gasteiger partial charge on any atom is -0.479 e. The SMILES string of the molecule is CN(Cc1ccco1)C(=O)NC[C@H](O)C(=O)O. The fourth-order valence-electron chi connectivity index (χ4n) is 1.11. The minimum absolute atomic E-state index is 0.266. The fourth-order valence-corrected chi connectivity index (χ4v) is 1.11. The molecule has 0 bridgehead atoms. The van der Waals surface area contributed by atoms with E-state index in [1.54, 1.807) is 12.1 Å². The Kier molecular flexibility index (Phi) is 4.53. The molecule has 0 radical (unpaired) electrons. The van der Waals surface area contributed by atoms with Crippen LogP contribution in [0.25, 0.3) is 0 Å². The van der Waals surface area contributed by atoms with E-state index in [0.717, 1.165) is 0 Å². The number of nitrogens with one attached hydrogen (secondary N) is 1. The van der Waals surface area contributed by atoms with E-state index in [1.807, 2.05) is 0 Å². The molecule has 1 aromatic rings. The highest BCUT2D eigenvalue weighted by atomic mass is 16.4. The van der Waals surface area contributed by atoms with Gasteiger partial charge in [-0.1, -0.05) is 0 Å². The van der Waals surface area contributed by atoms with Crippen LogP contribution in [0.3, 0.4) is 0 Å². The lowest BCUT2D eigenvalue weighted by atomic mass is 10.3. The molecule has 2 amide bonds. The van der Waals surface area contributed by atoms with Crippen molar-refractivity contribution in [2.75, 3.05) is 13.6 Å². The molecule has 0 saturated heterocycles. The molecule has 1 rings (SSSR count). The van der Waals surface area contributed by atoms with Gasteiger partial charge >= 0.3 is 12.0 Å². The topological polar surface area (TPSA) is 103 Å². The number of nitrogens with zero attached hydrogens (tertiary/aromatic N) is 1. The summed E-state index contributed by atoms with van der Waals surface area (Å²) in [7, 11) is 1.53. The summed E-state index contributed by atoms with van der Waals surface area (Å²) in [5.41, 5.74) is 0. The molecule has 0 aliphatic heterocycles. The lowest BCUT2D eigenvalue weighted by molar-refractivity contribution is -0.146. The maximum Gasteiger partial charge on any atom is 0.334 e. The molecule has 3 N–H and O–H groups in total. The van der Waals surface area contributed by atoms with E-state index >= 15 is 0 Å². The van der Waals surface area contributed by atoms with Crippen LogP contribution in [-0.2, 0) is 11.3 Å². The van der Waals surface area contributed by atoms with Gasteiger partial charge in [-0.15, -0.1) is 0 Å². The van der Waals surface area contributed by atoms with Gasteiger partial charge in [0.25, 0.3) is 0 Å². The largest absolute Gasteiger partial charge is 0.479 e. The maximum atomic E-state index is 11.5. The van der Waals surface area contributed by atoms with Gasteiger partial charge in [0.2, 0.25) is 0 Å². The Labute approximate surface area is 97.6 Å². The molecule has 7 nitrogen and oxygen atoms in total. The number of carbonyl (C=O) groups is 2. The molecule has 7 heteroatoms. The molecule has 17 heavy (non-hydrogen) atoms. The van der Waals surface area contributed by atoms with Gasteiger partial charge in [-0.05, 0) is 12.1 Å². The molecular formula is C10H14N2O5. The average molecular weight is 242 g/mol. The lowest BCUT2D eigenvalue weighted by Crippen LogP contribution is -2.42. The van der Waals surface area contributed by atoms with Gasteiger partial charge in [-0.2, -0.15) is 0 Å². The number of carboxylic acid groups (broad SMARTS) is 1. The van der Waals surface area contributed by atoms with Gasteiger partial charge in [0.1, 0.15) is 5.76 Å². The zero-order valence-corrected chi connectivity index (χ0v) is 9.29. The molecule has 0 aromatic carbocycles. The summed E-state index contributed by atoms with van der Waals surface area (Å²) in [5.74, 6) is -0.763. The number of carbonyl (C=O) groups excluding carboxylic acids is 1. The van der Waals surface area contributed by atoms with Crippen molar-refractivity contribution in [3.8, 4) is 0 Å². The van der Waals surface area contributed by atoms with Crippen molar-refractivity contribution < 1.29 is 24.2 Å². The van der Waals surface area contributed by atoms with Crippen molar-refractivity contribution in [1.29, 1.82) is 0 Å². The Hall–Kier alpha value is -2.02. The maximum absolute atomic E-state index is 11.5. The van der Waals surface area contributed by atoms with E-state index in [9.17, 15) is 9.59 Å². The quantitative estimate of drug-likeness (QED) is 0.667. The van der Waals surface area contributed by atoms with Crippen LogP contribution < -0.4 is 5.32 Å². The molecule has 1 aromatic heterocycles. The Morgan fingerprint density at radius 2 is 2.29 bits per heavy atom. The fraction of sp³-hybridized carbons (Fsp3) is 0.400. The van der Waals surface area contributed by atoms with Crippen LogP contribution in [0.15, 0.2) is 22.8 Å². The molecule has 0 aliphatic rings. The summed E-state index contributed by atoms with van der Waals surface area (Å²) in [6.45, 7) is -0.0708. The van der Waals surface area contributed by atoms with Crippen LogP contribution in [0.4, 0.5) is 4.79 Å². The van der Waals surface area contributed by atoms with Crippen molar-refractivity contribution in [2.24, 2.45) is 0 Å². The van der Waals surface area contributed by atoms with Crippen molar-refractivity contribution in [1.82, 2.24) is 10.2 Å². The van der Waals surface area contributed by atoms with E-state index in [-0.39, 0.29) is 13.1 Å². The first-order chi connectivity index (χ1) is 8.00. The highest BCUT2D eigenvalue weighted by Gasteiger charge is 2.16. The standard InChI is InChI=1S/C10H14N2O5/c1-12(6-7-3-2-4-17-7)10(16)11-5-8(13)9(14)15/h2-4,8,13H,5-6H2,1H3,(H,11,16)(H,14,15)/t8-/m0/s1. The first-order valence-corrected chi connectivity index (χ1v) is 4.93. The van der Waals surface area contributed by atoms with Gasteiger partial charge in [0.05, 0.1) is 19.4 Å². The smallest absolute Gasteiger partial charge is 0.334 e. The number of hydrogen-bond acceptors (Lipinski definition) is 4. The number of hydrogen-bond donors (Lipinski definition) is 3. The van der Waals surface area contributed by atoms with Crippen LogP contribution in [0.5, 0.6) is 0 Å². The van der Waals surface area contributed by atoms with E-state index in [4.69, 9.17) is 14.6 Å². The number of aliphatic hydroxyl groups excluding tert-OH is 1. The molecule has 0 saturated carbocycles. The number of amides is 2. The Balaban J connectivity index is 2.34. The second kappa shape index (κ2) is 5.90. The molecule has 94 valence electrons. The summed E-state index contributed by atoms with van der Waals surface area (Å²) in [6.07, 6.45) is -0.106. The molecule has 0 unspecified atom stereocenters. The second-order valence-corrected chi connectivity index (χ2v) is 3.48. The van der Waals surface area contributed by atoms with Gasteiger partial charge in [-0.3, -0.25) is 0 Å². The Morgan fingerprint density at radius 1 is 1.59 bits per heavy atom. The number of urea groups is 1. The van der Waals surface area contributed by atoms with E-state index < -0.39 is 18.1 Å². The summed E-state index contributed by atoms with van der Waals surface area (Å²) in [5, 5.41) is 19.7. The van der Waals surface area contributed by atoms with Crippen molar-refractivity contribution in [2.45, 2.75) is 12.6 Å². The predicted molar refractivity (Wildman–Crippen MR) is 57.2 cm³/mol. The van der Waals surface area contributed by atoms with Crippen molar-refractivity contribution in [3.63, 3.8) is 0 Å². The Morgan fingerprint density at radius 3 is 2.82 bits per heavy atom. The summed E-state index contributed by atoms with van der Waals surface area (Å²) < 4.78 is 5.05. The summed E-state index contributed by atoms with van der Waals surface area (Å²) in [4.78, 5) is 23.1. The minimum atomic E-state index is -1.60. The number of aliphatic carboxylic acids is 1. The molecule has 0 spiro atoms. The van der Waals surface area contributed by atoms with Crippen LogP contribution in [0.1, 0.15) is 5.76 Å². The third-order valence-electron chi connectivity index (χ3n) is 2.05. The average Bonchev–Trinajstić information content (AvgIpc) is 2.77. The molecule has 1 atom stereocenters. The number of aliphatic hydroxyl groups is 1. The molecule has 0 fully saturated rings. The predicted octanol–water partition coefficient (Wildman–Crippen LogP) is -0.134. The Bertz CT molecular complexity index is 376. The highest BCUT2D eigenvalue weighted by molar-refractivity contribution is 5.76. The second-order valence-electron chi connectivity index (χ2n) is 3.48. The van der Waals surface area contributed by atoms with Gasteiger partial charge < -0.3 is 24.8 Å². The van der Waals surface area contributed by atoms with Crippen LogP contribution >= 0.6 is 0 Å². The third-order valence-corrected chi connectivity index (χ3v) is 2.05. The molecule has 1 heterocycles. The van der Waals surface area contributed by atoms with Gasteiger partial charge in [0.15, 0.2) is 6.10 Å². The molecule has 0 aliphatic carbocycles. The van der Waals surface area contributed by atoms with Crippen molar-refractivity contribution in [3.05, 3.63) is 24.2 Å². The van der Waals surface area contributed by atoms with Crippen LogP contribution in [-0.4, -0.2) is 46.8 Å². The van der Waals surface area contributed by atoms with Crippen LogP contribution in [0, 0.1) is 0 Å². The van der Waals surface area contributed by atoms with Gasteiger partial charge in [0, 0.05) is 7.05 Å².